The number of hydrogen-bond acceptors (Lipinski definition) is 7. The van der Waals surface area contributed by atoms with Gasteiger partial charge in [-0.3, -0.25) is 19.8 Å². The van der Waals surface area contributed by atoms with Gasteiger partial charge in [-0.25, -0.2) is 0 Å². The summed E-state index contributed by atoms with van der Waals surface area (Å²) in [7, 11) is 0. The Balaban J connectivity index is 1.02. The van der Waals surface area contributed by atoms with Crippen LogP contribution in [0.15, 0.2) is 97.1 Å². The molecule has 230 valence electrons. The van der Waals surface area contributed by atoms with Crippen molar-refractivity contribution in [2.75, 3.05) is 43.0 Å². The van der Waals surface area contributed by atoms with Gasteiger partial charge in [-0.2, -0.15) is 0 Å². The van der Waals surface area contributed by atoms with Crippen molar-refractivity contribution in [2.45, 2.75) is 37.3 Å². The summed E-state index contributed by atoms with van der Waals surface area (Å²) < 4.78 is 6.14. The topological polar surface area (TPSA) is 94.1 Å². The summed E-state index contributed by atoms with van der Waals surface area (Å²) in [5.41, 5.74) is 6.90. The number of para-hydroxylation sites is 1. The normalized spacial score (nSPS) is 21.9. The number of amides is 2. The van der Waals surface area contributed by atoms with E-state index in [-0.39, 0.29) is 29.4 Å². The van der Waals surface area contributed by atoms with E-state index in [2.05, 4.69) is 75.0 Å². The van der Waals surface area contributed by atoms with Crippen molar-refractivity contribution >= 4 is 23.2 Å². The second kappa shape index (κ2) is 12.7. The molecule has 0 bridgehead atoms. The van der Waals surface area contributed by atoms with Crippen LogP contribution in [0.3, 0.4) is 0 Å². The second-order valence-electron chi connectivity index (χ2n) is 12.2. The van der Waals surface area contributed by atoms with Crippen LogP contribution in [-0.2, 0) is 16.1 Å². The Morgan fingerprint density at radius 2 is 1.60 bits per heavy atom. The maximum atomic E-state index is 12.3. The van der Waals surface area contributed by atoms with Gasteiger partial charge >= 0.3 is 0 Å². The van der Waals surface area contributed by atoms with Crippen molar-refractivity contribution in [3.05, 3.63) is 119 Å². The lowest BCUT2D eigenvalue weighted by atomic mass is 9.76. The smallest absolute Gasteiger partial charge is 0.249 e. The summed E-state index contributed by atoms with van der Waals surface area (Å²) >= 11 is 0. The Hall–Kier alpha value is -4.82. The number of phenols is 1. The standard InChI is InChI=1S/C37H38N4O4/c42-29-14-15-30-34(22-29)45-24-31(25-6-2-1-3-7-25)36(30)26-10-12-28(13-11-26)41-20-18-40(19-21-41)23-27-8-4-5-9-32(27)38-33-16-17-35(43)39-37(33)44/h1-15,22,31,33,36,38,42H,16-21,23-24H2,(H,39,43,44)/t31-,33?,36-/m1/s1. The van der Waals surface area contributed by atoms with Crippen LogP contribution in [0.4, 0.5) is 11.4 Å². The van der Waals surface area contributed by atoms with Gasteiger partial charge in [0.25, 0.3) is 0 Å². The molecule has 3 aliphatic heterocycles. The number of piperidine rings is 1. The number of aromatic hydroxyl groups is 1. The predicted octanol–water partition coefficient (Wildman–Crippen LogP) is 5.24. The van der Waals surface area contributed by atoms with E-state index in [4.69, 9.17) is 4.74 Å². The second-order valence-corrected chi connectivity index (χ2v) is 12.2. The zero-order chi connectivity index (χ0) is 30.8. The molecule has 45 heavy (non-hydrogen) atoms. The number of fused-ring (bicyclic) bond motifs is 1. The van der Waals surface area contributed by atoms with E-state index in [1.807, 2.05) is 30.3 Å². The summed E-state index contributed by atoms with van der Waals surface area (Å²) in [5, 5.41) is 15.9. The van der Waals surface area contributed by atoms with Crippen molar-refractivity contribution in [2.24, 2.45) is 0 Å². The molecule has 0 aromatic heterocycles. The highest BCUT2D eigenvalue weighted by atomic mass is 16.5. The summed E-state index contributed by atoms with van der Waals surface area (Å²) in [6.07, 6.45) is 0.864. The molecule has 4 aromatic carbocycles. The number of piperazine rings is 1. The number of phenolic OH excluding ortho intramolecular Hbond substituents is 1. The first kappa shape index (κ1) is 28.9. The number of carbonyl (C=O) groups is 2. The molecule has 1 unspecified atom stereocenters. The number of carbonyl (C=O) groups excluding carboxylic acids is 2. The number of imide groups is 1. The van der Waals surface area contributed by atoms with E-state index >= 15 is 0 Å². The third-order valence-corrected chi connectivity index (χ3v) is 9.35. The van der Waals surface area contributed by atoms with Crippen molar-refractivity contribution < 1.29 is 19.4 Å². The van der Waals surface area contributed by atoms with Crippen molar-refractivity contribution in [3.8, 4) is 11.5 Å². The number of anilines is 2. The average Bonchev–Trinajstić information content (AvgIpc) is 3.07. The quantitative estimate of drug-likeness (QED) is 0.249. The fourth-order valence-electron chi connectivity index (χ4n) is 6.91. The molecule has 8 heteroatoms. The van der Waals surface area contributed by atoms with Gasteiger partial charge in [0, 0.05) is 74.0 Å². The minimum atomic E-state index is -0.395. The number of nitrogens with one attached hydrogen (secondary N) is 2. The van der Waals surface area contributed by atoms with E-state index in [0.717, 1.165) is 55.3 Å². The summed E-state index contributed by atoms with van der Waals surface area (Å²) in [4.78, 5) is 28.8. The molecule has 2 amide bonds. The van der Waals surface area contributed by atoms with Gasteiger partial charge in [0.05, 0.1) is 6.61 Å². The maximum Gasteiger partial charge on any atom is 0.249 e. The van der Waals surface area contributed by atoms with Crippen LogP contribution in [0.5, 0.6) is 11.5 Å². The largest absolute Gasteiger partial charge is 0.508 e. The number of nitrogens with zero attached hydrogens (tertiary/aromatic N) is 2. The lowest BCUT2D eigenvalue weighted by molar-refractivity contribution is -0.133. The van der Waals surface area contributed by atoms with Gasteiger partial charge in [-0.1, -0.05) is 66.7 Å². The van der Waals surface area contributed by atoms with Crippen LogP contribution in [0, 0.1) is 0 Å². The lowest BCUT2D eigenvalue weighted by Gasteiger charge is -2.37. The van der Waals surface area contributed by atoms with Gasteiger partial charge in [-0.05, 0) is 47.4 Å². The Labute approximate surface area is 263 Å². The first-order chi connectivity index (χ1) is 22.0. The van der Waals surface area contributed by atoms with Crippen LogP contribution in [0.1, 0.15) is 46.9 Å². The van der Waals surface area contributed by atoms with Crippen LogP contribution in [0.25, 0.3) is 0 Å². The molecule has 2 saturated heterocycles. The summed E-state index contributed by atoms with van der Waals surface area (Å²) in [5.74, 6) is 0.804. The van der Waals surface area contributed by atoms with Gasteiger partial charge in [0.15, 0.2) is 0 Å². The summed E-state index contributed by atoms with van der Waals surface area (Å²) in [6.45, 7) is 5.06. The zero-order valence-corrected chi connectivity index (χ0v) is 25.2. The molecule has 3 heterocycles. The number of benzene rings is 4. The monoisotopic (exact) mass is 602 g/mol. The van der Waals surface area contributed by atoms with Crippen LogP contribution >= 0.6 is 0 Å². The van der Waals surface area contributed by atoms with Gasteiger partial charge in [0.2, 0.25) is 11.8 Å². The van der Waals surface area contributed by atoms with Crippen molar-refractivity contribution in [1.82, 2.24) is 10.2 Å². The molecular formula is C37H38N4O4. The molecule has 3 atom stereocenters. The summed E-state index contributed by atoms with van der Waals surface area (Å²) in [6, 6.07) is 32.7. The molecule has 7 rings (SSSR count). The SMILES string of the molecule is O=C1CCC(Nc2ccccc2CN2CCN(c3ccc([C@@H]4c5ccc(O)cc5OC[C@@H]4c4ccccc4)cc3)CC2)C(=O)N1. The van der Waals surface area contributed by atoms with Gasteiger partial charge in [0.1, 0.15) is 17.5 Å². The highest BCUT2D eigenvalue weighted by Crippen LogP contribution is 2.47. The number of ether oxygens (including phenoxy) is 1. The van der Waals surface area contributed by atoms with Crippen molar-refractivity contribution in [1.29, 1.82) is 0 Å². The fourth-order valence-corrected chi connectivity index (χ4v) is 6.91. The average molecular weight is 603 g/mol. The van der Waals surface area contributed by atoms with E-state index in [0.29, 0.717) is 19.4 Å². The maximum absolute atomic E-state index is 12.3. The fraction of sp³-hybridized carbons (Fsp3) is 0.297. The Morgan fingerprint density at radius 3 is 2.38 bits per heavy atom. The Morgan fingerprint density at radius 1 is 0.844 bits per heavy atom. The lowest BCUT2D eigenvalue weighted by Crippen LogP contribution is -2.48. The number of rotatable bonds is 7. The molecule has 4 aromatic rings. The van der Waals surface area contributed by atoms with Gasteiger partial charge in [-0.15, -0.1) is 0 Å². The molecule has 2 fully saturated rings. The van der Waals surface area contributed by atoms with E-state index in [1.165, 1.54) is 16.8 Å². The minimum absolute atomic E-state index is 0.122. The molecule has 0 spiro atoms. The highest BCUT2D eigenvalue weighted by molar-refractivity contribution is 6.01. The van der Waals surface area contributed by atoms with Crippen LogP contribution in [-0.4, -0.2) is 60.6 Å². The third-order valence-electron chi connectivity index (χ3n) is 9.35. The van der Waals surface area contributed by atoms with Crippen LogP contribution in [0.2, 0.25) is 0 Å². The Bertz CT molecular complexity index is 1670. The molecule has 0 radical (unpaired) electrons. The molecule has 0 saturated carbocycles. The molecule has 0 aliphatic carbocycles. The van der Waals surface area contributed by atoms with Crippen molar-refractivity contribution in [3.63, 3.8) is 0 Å². The third kappa shape index (κ3) is 6.24. The first-order valence-electron chi connectivity index (χ1n) is 15.8. The highest BCUT2D eigenvalue weighted by Gasteiger charge is 2.34. The van der Waals surface area contributed by atoms with E-state index in [1.54, 1.807) is 12.1 Å². The van der Waals surface area contributed by atoms with E-state index in [9.17, 15) is 14.7 Å². The van der Waals surface area contributed by atoms with Gasteiger partial charge < -0.3 is 20.1 Å². The molecule has 3 aliphatic rings. The van der Waals surface area contributed by atoms with Crippen LogP contribution < -0.4 is 20.3 Å². The minimum Gasteiger partial charge on any atom is -0.508 e. The number of hydrogen-bond donors (Lipinski definition) is 3. The van der Waals surface area contributed by atoms with E-state index < -0.39 is 6.04 Å². The molecule has 8 nitrogen and oxygen atoms in total. The predicted molar refractivity (Wildman–Crippen MR) is 175 cm³/mol. The molecule has 3 N–H and O–H groups in total. The Kier molecular flexibility index (Phi) is 8.13. The zero-order valence-electron chi connectivity index (χ0n) is 25.2. The first-order valence-corrected chi connectivity index (χ1v) is 15.8. The molecular weight excluding hydrogens is 564 g/mol.